The quantitative estimate of drug-likeness (QED) is 0.581. The molecule has 2 heterocycles. The van der Waals surface area contributed by atoms with Crippen LogP contribution in [0.2, 0.25) is 0 Å². The van der Waals surface area contributed by atoms with Gasteiger partial charge in [0.25, 0.3) is 0 Å². The second-order valence-electron chi connectivity index (χ2n) is 9.91. The highest BCUT2D eigenvalue weighted by Crippen LogP contribution is 2.33. The molecule has 3 fully saturated rings. The van der Waals surface area contributed by atoms with Crippen LogP contribution in [0.1, 0.15) is 72.1 Å². The van der Waals surface area contributed by atoms with Gasteiger partial charge in [0.2, 0.25) is 0 Å². The highest BCUT2D eigenvalue weighted by atomic mass is 16.5. The second-order valence-corrected chi connectivity index (χ2v) is 9.91. The van der Waals surface area contributed by atoms with Gasteiger partial charge < -0.3 is 20.3 Å². The van der Waals surface area contributed by atoms with E-state index >= 15 is 0 Å². The molecule has 0 amide bonds. The largest absolute Gasteiger partial charge is 0.377 e. The summed E-state index contributed by atoms with van der Waals surface area (Å²) in [5.41, 5.74) is 0.191. The molecule has 2 saturated heterocycles. The van der Waals surface area contributed by atoms with E-state index in [1.807, 2.05) is 7.05 Å². The summed E-state index contributed by atoms with van der Waals surface area (Å²) < 4.78 is 6.13. The molecule has 0 radical (unpaired) electrons. The Labute approximate surface area is 166 Å². The molecule has 1 aliphatic carbocycles. The zero-order valence-electron chi connectivity index (χ0n) is 18.1. The van der Waals surface area contributed by atoms with Gasteiger partial charge in [-0.25, -0.2) is 0 Å². The van der Waals surface area contributed by atoms with E-state index in [9.17, 15) is 0 Å². The average Bonchev–Trinajstić information content (AvgIpc) is 3.20. The van der Waals surface area contributed by atoms with Gasteiger partial charge in [0, 0.05) is 51.3 Å². The van der Waals surface area contributed by atoms with Gasteiger partial charge >= 0.3 is 0 Å². The van der Waals surface area contributed by atoms with Crippen LogP contribution in [0.5, 0.6) is 0 Å². The topological polar surface area (TPSA) is 48.9 Å². The van der Waals surface area contributed by atoms with E-state index < -0.39 is 0 Å². The Hall–Kier alpha value is -0.810. The van der Waals surface area contributed by atoms with Crippen LogP contribution in [0.3, 0.4) is 0 Å². The summed E-state index contributed by atoms with van der Waals surface area (Å²) in [6.45, 7) is 11.2. The van der Waals surface area contributed by atoms with Crippen molar-refractivity contribution in [3.05, 3.63) is 0 Å². The lowest BCUT2D eigenvalue weighted by atomic mass is 9.78. The van der Waals surface area contributed by atoms with E-state index in [1.165, 1.54) is 64.5 Å². The lowest BCUT2D eigenvalue weighted by molar-refractivity contribution is -0.0835. The third-order valence-corrected chi connectivity index (χ3v) is 6.77. The van der Waals surface area contributed by atoms with Crippen molar-refractivity contribution in [3.8, 4) is 0 Å². The highest BCUT2D eigenvalue weighted by molar-refractivity contribution is 5.79. The SMILES string of the molecule is CN=C(NCC1CCCOC1C(C)(C)C)NC1CCN(C2CCCC2)CC1. The van der Waals surface area contributed by atoms with Crippen LogP contribution in [0.15, 0.2) is 4.99 Å². The number of piperidine rings is 1. The fraction of sp³-hybridized carbons (Fsp3) is 0.955. The van der Waals surface area contributed by atoms with Crippen LogP contribution in [0.25, 0.3) is 0 Å². The van der Waals surface area contributed by atoms with Gasteiger partial charge in [-0.2, -0.15) is 0 Å². The van der Waals surface area contributed by atoms with Crippen LogP contribution >= 0.6 is 0 Å². The molecule has 0 aromatic heterocycles. The Balaban J connectivity index is 1.43. The Kier molecular flexibility index (Phi) is 7.43. The average molecular weight is 379 g/mol. The minimum absolute atomic E-state index is 0.191. The maximum atomic E-state index is 6.13. The number of hydrogen-bond donors (Lipinski definition) is 2. The van der Waals surface area contributed by atoms with Crippen molar-refractivity contribution in [1.29, 1.82) is 0 Å². The zero-order chi connectivity index (χ0) is 19.3. The fourth-order valence-electron chi connectivity index (χ4n) is 5.30. The van der Waals surface area contributed by atoms with Gasteiger partial charge in [-0.3, -0.25) is 4.99 Å². The van der Waals surface area contributed by atoms with Crippen molar-refractivity contribution in [1.82, 2.24) is 15.5 Å². The Morgan fingerprint density at radius 2 is 1.74 bits per heavy atom. The molecule has 0 aromatic rings. The Bertz CT molecular complexity index is 473. The van der Waals surface area contributed by atoms with Gasteiger partial charge in [-0.05, 0) is 43.9 Å². The van der Waals surface area contributed by atoms with Gasteiger partial charge in [0.15, 0.2) is 5.96 Å². The first-order chi connectivity index (χ1) is 13.0. The molecule has 0 bridgehead atoms. The van der Waals surface area contributed by atoms with Gasteiger partial charge in [-0.15, -0.1) is 0 Å². The number of aliphatic imine (C=N–C) groups is 1. The number of nitrogens with one attached hydrogen (secondary N) is 2. The number of hydrogen-bond acceptors (Lipinski definition) is 3. The number of nitrogens with zero attached hydrogens (tertiary/aromatic N) is 2. The summed E-state index contributed by atoms with van der Waals surface area (Å²) in [7, 11) is 1.89. The van der Waals surface area contributed by atoms with E-state index in [0.717, 1.165) is 25.2 Å². The molecular weight excluding hydrogens is 336 g/mol. The molecule has 1 saturated carbocycles. The van der Waals surface area contributed by atoms with E-state index in [-0.39, 0.29) is 5.41 Å². The lowest BCUT2D eigenvalue weighted by Crippen LogP contribution is -2.52. The molecule has 3 rings (SSSR count). The summed E-state index contributed by atoms with van der Waals surface area (Å²) >= 11 is 0. The maximum Gasteiger partial charge on any atom is 0.191 e. The summed E-state index contributed by atoms with van der Waals surface area (Å²) in [5.74, 6) is 1.52. The molecule has 0 aromatic carbocycles. The van der Waals surface area contributed by atoms with E-state index in [4.69, 9.17) is 4.74 Å². The monoisotopic (exact) mass is 378 g/mol. The van der Waals surface area contributed by atoms with Crippen molar-refractivity contribution < 1.29 is 4.74 Å². The first-order valence-electron chi connectivity index (χ1n) is 11.3. The van der Waals surface area contributed by atoms with Gasteiger partial charge in [-0.1, -0.05) is 33.6 Å². The van der Waals surface area contributed by atoms with Crippen LogP contribution < -0.4 is 10.6 Å². The van der Waals surface area contributed by atoms with Crippen LogP contribution in [0.4, 0.5) is 0 Å². The summed E-state index contributed by atoms with van der Waals surface area (Å²) in [5, 5.41) is 7.28. The predicted molar refractivity (Wildman–Crippen MR) is 113 cm³/mol. The molecule has 2 unspecified atom stereocenters. The van der Waals surface area contributed by atoms with Crippen molar-refractivity contribution in [2.45, 2.75) is 90.3 Å². The summed E-state index contributed by atoms with van der Waals surface area (Å²) in [4.78, 5) is 7.22. The van der Waals surface area contributed by atoms with E-state index in [0.29, 0.717) is 18.1 Å². The van der Waals surface area contributed by atoms with E-state index in [1.54, 1.807) is 0 Å². The standard InChI is InChI=1S/C22H42N4O/c1-22(2,3)20-17(8-7-15-27-20)16-24-21(23-4)25-18-11-13-26(14-12-18)19-9-5-6-10-19/h17-20H,5-16H2,1-4H3,(H2,23,24,25). The van der Waals surface area contributed by atoms with Gasteiger partial charge in [0.1, 0.15) is 0 Å². The van der Waals surface area contributed by atoms with Crippen molar-refractivity contribution >= 4 is 5.96 Å². The van der Waals surface area contributed by atoms with Crippen molar-refractivity contribution in [3.63, 3.8) is 0 Å². The smallest absolute Gasteiger partial charge is 0.191 e. The Morgan fingerprint density at radius 3 is 2.37 bits per heavy atom. The number of guanidine groups is 1. The Morgan fingerprint density at radius 1 is 1.04 bits per heavy atom. The predicted octanol–water partition coefficient (Wildman–Crippen LogP) is 3.40. The van der Waals surface area contributed by atoms with Crippen molar-refractivity contribution in [2.24, 2.45) is 16.3 Å². The first-order valence-corrected chi connectivity index (χ1v) is 11.3. The number of rotatable bonds is 4. The fourth-order valence-corrected chi connectivity index (χ4v) is 5.30. The van der Waals surface area contributed by atoms with Crippen molar-refractivity contribution in [2.75, 3.05) is 33.3 Å². The summed E-state index contributed by atoms with van der Waals surface area (Å²) in [6, 6.07) is 1.42. The highest BCUT2D eigenvalue weighted by Gasteiger charge is 2.35. The molecule has 2 aliphatic heterocycles. The minimum atomic E-state index is 0.191. The lowest BCUT2D eigenvalue weighted by Gasteiger charge is -2.40. The molecule has 5 nitrogen and oxygen atoms in total. The van der Waals surface area contributed by atoms with E-state index in [2.05, 4.69) is 41.3 Å². The molecule has 2 N–H and O–H groups in total. The number of ether oxygens (including phenoxy) is 1. The molecule has 27 heavy (non-hydrogen) atoms. The van der Waals surface area contributed by atoms with Gasteiger partial charge in [0.05, 0.1) is 6.10 Å². The van der Waals surface area contributed by atoms with Crippen LogP contribution in [-0.4, -0.2) is 62.3 Å². The molecular formula is C22H42N4O. The summed E-state index contributed by atoms with van der Waals surface area (Å²) in [6.07, 6.45) is 10.9. The zero-order valence-corrected chi connectivity index (χ0v) is 18.1. The molecule has 0 spiro atoms. The third-order valence-electron chi connectivity index (χ3n) is 6.77. The normalized spacial score (nSPS) is 29.9. The molecule has 156 valence electrons. The maximum absolute atomic E-state index is 6.13. The van der Waals surface area contributed by atoms with Crippen LogP contribution in [0, 0.1) is 11.3 Å². The number of likely N-dealkylation sites (tertiary alicyclic amines) is 1. The van der Waals surface area contributed by atoms with Crippen LogP contribution in [-0.2, 0) is 4.74 Å². The minimum Gasteiger partial charge on any atom is -0.377 e. The first kappa shape index (κ1) is 20.9. The molecule has 3 aliphatic rings. The third kappa shape index (κ3) is 5.83. The second kappa shape index (κ2) is 9.60. The molecule has 5 heteroatoms. The molecule has 2 atom stereocenters.